The summed E-state index contributed by atoms with van der Waals surface area (Å²) in [7, 11) is -4.06. The van der Waals surface area contributed by atoms with Crippen molar-refractivity contribution >= 4 is 27.2 Å². The monoisotopic (exact) mass is 647 g/mol. The molecule has 240 valence electrons. The molecule has 2 aromatic carbocycles. The van der Waals surface area contributed by atoms with Crippen LogP contribution in [0.3, 0.4) is 0 Å². The number of rotatable bonds is 11. The molecule has 12 nitrogen and oxygen atoms in total. The van der Waals surface area contributed by atoms with Gasteiger partial charge in [-0.25, -0.2) is 22.8 Å². The molecule has 2 aromatic heterocycles. The average molecular weight is 648 g/mol. The number of carbonyl (C=O) groups excluding carboxylic acids is 1. The molecule has 1 N–H and O–H groups in total. The summed E-state index contributed by atoms with van der Waals surface area (Å²) in [6.07, 6.45) is 7.92. The first-order valence-electron chi connectivity index (χ1n) is 14.9. The first-order chi connectivity index (χ1) is 22.3. The number of amides is 1. The van der Waals surface area contributed by atoms with Gasteiger partial charge in [-0.3, -0.25) is 9.36 Å². The van der Waals surface area contributed by atoms with Crippen LogP contribution in [0.2, 0.25) is 0 Å². The number of sulfone groups is 1. The molecule has 1 unspecified atom stereocenters. The van der Waals surface area contributed by atoms with Crippen molar-refractivity contribution in [3.63, 3.8) is 0 Å². The predicted molar refractivity (Wildman–Crippen MR) is 171 cm³/mol. The summed E-state index contributed by atoms with van der Waals surface area (Å²) in [5, 5.41) is 2.92. The van der Waals surface area contributed by atoms with Gasteiger partial charge in [0.15, 0.2) is 26.2 Å². The van der Waals surface area contributed by atoms with E-state index < -0.39 is 26.4 Å². The van der Waals surface area contributed by atoms with E-state index in [0.717, 1.165) is 5.56 Å². The Morgan fingerprint density at radius 3 is 2.63 bits per heavy atom. The minimum Gasteiger partial charge on any atom is -0.486 e. The molecular formula is C32H34FN7O5S. The number of hydrogen-bond donors (Lipinski definition) is 1. The second kappa shape index (κ2) is 13.2. The number of benzene rings is 2. The molecule has 6 rings (SSSR count). The van der Waals surface area contributed by atoms with Crippen molar-refractivity contribution < 1.29 is 27.1 Å². The van der Waals surface area contributed by atoms with Crippen LogP contribution in [0.4, 0.5) is 15.9 Å². The van der Waals surface area contributed by atoms with Crippen LogP contribution in [0, 0.1) is 5.82 Å². The third kappa shape index (κ3) is 6.38. The largest absolute Gasteiger partial charge is 0.486 e. The van der Waals surface area contributed by atoms with Crippen LogP contribution < -0.4 is 24.6 Å². The van der Waals surface area contributed by atoms with Crippen molar-refractivity contribution in [2.75, 3.05) is 54.9 Å². The Hall–Kier alpha value is -4.98. The van der Waals surface area contributed by atoms with Gasteiger partial charge in [0.25, 0.3) is 0 Å². The zero-order valence-electron chi connectivity index (χ0n) is 25.1. The number of aromatic nitrogens is 4. The second-order valence-corrected chi connectivity index (χ2v) is 13.3. The number of fused-ring (bicyclic) bond motifs is 1. The predicted octanol–water partition coefficient (Wildman–Crippen LogP) is 2.95. The molecule has 14 heteroatoms. The van der Waals surface area contributed by atoms with Gasteiger partial charge in [-0.2, -0.15) is 4.98 Å². The topological polar surface area (TPSA) is 132 Å². The smallest absolute Gasteiger partial charge is 0.236 e. The lowest BCUT2D eigenvalue weighted by molar-refractivity contribution is -0.121. The van der Waals surface area contributed by atoms with Crippen molar-refractivity contribution in [2.24, 2.45) is 0 Å². The van der Waals surface area contributed by atoms with Gasteiger partial charge in [-0.05, 0) is 54.4 Å². The molecule has 0 spiro atoms. The van der Waals surface area contributed by atoms with Crippen LogP contribution in [0.1, 0.15) is 12.0 Å². The molecule has 0 radical (unpaired) electrons. The lowest BCUT2D eigenvalue weighted by Gasteiger charge is -2.51. The van der Waals surface area contributed by atoms with E-state index >= 15 is 0 Å². The zero-order chi connectivity index (χ0) is 32.1. The summed E-state index contributed by atoms with van der Waals surface area (Å²) in [5.41, 5.74) is 1.42. The minimum absolute atomic E-state index is 0.0868. The van der Waals surface area contributed by atoms with E-state index in [4.69, 9.17) is 9.47 Å². The minimum atomic E-state index is -4.06. The van der Waals surface area contributed by atoms with E-state index in [1.54, 1.807) is 40.5 Å². The quantitative estimate of drug-likeness (QED) is 0.243. The van der Waals surface area contributed by atoms with Crippen LogP contribution in [0.5, 0.6) is 11.5 Å². The number of imidazole rings is 1. The van der Waals surface area contributed by atoms with Gasteiger partial charge in [-0.15, -0.1) is 6.58 Å². The lowest BCUT2D eigenvalue weighted by Crippen LogP contribution is -2.68. The Morgan fingerprint density at radius 1 is 1.07 bits per heavy atom. The van der Waals surface area contributed by atoms with Crippen molar-refractivity contribution in [3.8, 4) is 17.4 Å². The normalized spacial score (nSPS) is 17.8. The maximum absolute atomic E-state index is 14.3. The highest BCUT2D eigenvalue weighted by molar-refractivity contribution is 7.93. The molecule has 1 amide bonds. The number of nitrogens with one attached hydrogen (secondary N) is 1. The Labute approximate surface area is 266 Å². The highest BCUT2D eigenvalue weighted by Gasteiger charge is 2.53. The van der Waals surface area contributed by atoms with Crippen molar-refractivity contribution in [3.05, 3.63) is 97.5 Å². The SMILES string of the molecule is C=CCS(=O)(=O)C1(CC(=O)NCCc2ccc3c(c2)OCCO3)CN(c2ccnc(-n3ccnc3)n2)CCN1c1ccc(F)cc1. The van der Waals surface area contributed by atoms with Gasteiger partial charge in [0.2, 0.25) is 11.9 Å². The van der Waals surface area contributed by atoms with Gasteiger partial charge in [0.05, 0.1) is 18.7 Å². The first-order valence-corrected chi connectivity index (χ1v) is 16.5. The highest BCUT2D eigenvalue weighted by atomic mass is 32.2. The summed E-state index contributed by atoms with van der Waals surface area (Å²) in [6.45, 7) is 5.43. The fourth-order valence-electron chi connectivity index (χ4n) is 5.83. The molecule has 4 heterocycles. The Balaban J connectivity index is 1.30. The van der Waals surface area contributed by atoms with Crippen molar-refractivity contribution in [1.82, 2.24) is 24.8 Å². The number of halogens is 1. The van der Waals surface area contributed by atoms with Crippen molar-refractivity contribution in [2.45, 2.75) is 17.7 Å². The molecule has 1 fully saturated rings. The van der Waals surface area contributed by atoms with Gasteiger partial charge in [0.1, 0.15) is 31.2 Å². The lowest BCUT2D eigenvalue weighted by atomic mass is 10.0. The third-order valence-electron chi connectivity index (χ3n) is 8.04. The van der Waals surface area contributed by atoms with Crippen LogP contribution in [-0.4, -0.2) is 83.9 Å². The summed E-state index contributed by atoms with van der Waals surface area (Å²) < 4.78 is 55.4. The van der Waals surface area contributed by atoms with Gasteiger partial charge in [0, 0.05) is 43.9 Å². The summed E-state index contributed by atoms with van der Waals surface area (Å²) >= 11 is 0. The third-order valence-corrected chi connectivity index (χ3v) is 10.4. The molecule has 1 atom stereocenters. The fourth-order valence-corrected chi connectivity index (χ4v) is 7.68. The van der Waals surface area contributed by atoms with E-state index in [1.165, 1.54) is 30.3 Å². The van der Waals surface area contributed by atoms with Crippen molar-refractivity contribution in [1.29, 1.82) is 0 Å². The molecule has 2 aliphatic heterocycles. The average Bonchev–Trinajstić information content (AvgIpc) is 3.61. The van der Waals surface area contributed by atoms with E-state index in [2.05, 4.69) is 26.8 Å². The number of piperazine rings is 1. The van der Waals surface area contributed by atoms with Gasteiger partial charge >= 0.3 is 0 Å². The maximum Gasteiger partial charge on any atom is 0.236 e. The highest BCUT2D eigenvalue weighted by Crippen LogP contribution is 2.38. The van der Waals surface area contributed by atoms with Gasteiger partial charge in [-0.1, -0.05) is 12.1 Å². The maximum atomic E-state index is 14.3. The Bertz CT molecular complexity index is 1800. The van der Waals surface area contributed by atoms with Gasteiger partial charge < -0.3 is 24.6 Å². The molecule has 0 bridgehead atoms. The molecule has 0 aliphatic carbocycles. The fraction of sp³-hybridized carbons (Fsp3) is 0.312. The summed E-state index contributed by atoms with van der Waals surface area (Å²) in [6, 6.07) is 13.0. The summed E-state index contributed by atoms with van der Waals surface area (Å²) in [5.74, 6) is 0.932. The number of ether oxygens (including phenoxy) is 2. The Morgan fingerprint density at radius 2 is 1.87 bits per heavy atom. The molecule has 2 aliphatic rings. The van der Waals surface area contributed by atoms with E-state index in [1.807, 2.05) is 23.1 Å². The second-order valence-electron chi connectivity index (χ2n) is 11.0. The molecule has 1 saturated heterocycles. The van der Waals surface area contributed by atoms with E-state index in [9.17, 15) is 17.6 Å². The van der Waals surface area contributed by atoms with Crippen LogP contribution in [-0.2, 0) is 21.1 Å². The molecular weight excluding hydrogens is 613 g/mol. The number of nitrogens with zero attached hydrogens (tertiary/aromatic N) is 6. The van der Waals surface area contributed by atoms with Crippen LogP contribution in [0.15, 0.2) is 86.1 Å². The zero-order valence-corrected chi connectivity index (χ0v) is 25.9. The van der Waals surface area contributed by atoms with E-state index in [0.29, 0.717) is 55.1 Å². The van der Waals surface area contributed by atoms with Crippen LogP contribution in [0.25, 0.3) is 5.95 Å². The number of hydrogen-bond acceptors (Lipinski definition) is 10. The summed E-state index contributed by atoms with van der Waals surface area (Å²) in [4.78, 5) is 28.5. The Kier molecular flexibility index (Phi) is 8.88. The van der Waals surface area contributed by atoms with E-state index in [-0.39, 0.29) is 31.8 Å². The standard InChI is InChI=1S/C32H34FN7O5S/c1-2-19-46(42,43)32(21-30(41)35-11-9-24-3-8-27-28(20-24)45-18-17-44-27)22-38(15-16-40(32)26-6-4-25(33)5-7-26)29-10-12-36-31(37-29)39-14-13-34-23-39/h2-8,10,12-14,20,23H,1,9,11,15-19,21-22H2,(H,35,41). The molecule has 46 heavy (non-hydrogen) atoms. The molecule has 0 saturated carbocycles. The first kappa shape index (κ1) is 31.0. The number of carbonyl (C=O) groups is 1. The number of anilines is 2. The molecule has 4 aromatic rings. The van der Waals surface area contributed by atoms with Crippen LogP contribution >= 0.6 is 0 Å².